The average molecular weight is 541 g/mol. The van der Waals surface area contributed by atoms with Crippen molar-refractivity contribution in [3.05, 3.63) is 71.3 Å². The van der Waals surface area contributed by atoms with Gasteiger partial charge in [0.25, 0.3) is 0 Å². The number of oxime groups is 1. The maximum absolute atomic E-state index is 12.2. The number of nitrogens with zero attached hydrogens (tertiary/aromatic N) is 1. The number of hydrogen-bond acceptors (Lipinski definition) is 5. The minimum atomic E-state index is -1.12. The van der Waals surface area contributed by atoms with E-state index in [2.05, 4.69) is 51.6 Å². The Morgan fingerprint density at radius 3 is 2.22 bits per heavy atom. The molecule has 5 nitrogen and oxygen atoms in total. The quantitative estimate of drug-likeness (QED) is 0.144. The van der Waals surface area contributed by atoms with Crippen LogP contribution in [0.2, 0.25) is 0 Å². The van der Waals surface area contributed by atoms with Crippen LogP contribution >= 0.6 is 7.83 Å². The van der Waals surface area contributed by atoms with E-state index in [9.17, 15) is 9.00 Å². The maximum atomic E-state index is 12.2. The standard InChI is InChI=1S/C17H22O3PS.C13H17NO/c1-11-10-13(15-20-16(21-15)17(3,4)5)6-7-14(11)22(19)9-8-12(2)18;1-5-12-6-8-13(9-7-12)11(4)15-14-10(2)3/h6-7,10H,8-9H2,1-5H3;6-9H,4-5H2,1-3H3/q+1;. The molecule has 0 bridgehead atoms. The van der Waals surface area contributed by atoms with Gasteiger partial charge in [-0.25, -0.2) is 0 Å². The molecule has 2 aromatic rings. The predicted molar refractivity (Wildman–Crippen MR) is 159 cm³/mol. The molecule has 1 aliphatic rings. The molecule has 198 valence electrons. The zero-order valence-electron chi connectivity index (χ0n) is 23.3. The van der Waals surface area contributed by atoms with E-state index in [4.69, 9.17) is 9.57 Å². The number of ether oxygens (including phenoxy) is 1. The summed E-state index contributed by atoms with van der Waals surface area (Å²) in [6.45, 7) is 19.6. The molecule has 0 spiro atoms. The van der Waals surface area contributed by atoms with Gasteiger partial charge in [-0.2, -0.15) is 0 Å². The first-order valence-electron chi connectivity index (χ1n) is 12.4. The van der Waals surface area contributed by atoms with E-state index in [0.29, 0.717) is 17.9 Å². The fraction of sp³-hybridized carbons (Fsp3) is 0.400. The molecule has 0 amide bonds. The van der Waals surface area contributed by atoms with Crippen molar-refractivity contribution in [3.8, 4) is 0 Å². The first-order valence-corrected chi connectivity index (χ1v) is 14.6. The van der Waals surface area contributed by atoms with Crippen molar-refractivity contribution in [2.75, 3.05) is 5.75 Å². The minimum absolute atomic E-state index is 0.0637. The molecule has 1 heterocycles. The van der Waals surface area contributed by atoms with Crippen LogP contribution in [-0.4, -0.2) is 32.4 Å². The number of hydrogen-bond donors (Lipinski definition) is 0. The Hall–Kier alpha value is -2.40. The normalized spacial score (nSPS) is 13.4. The summed E-state index contributed by atoms with van der Waals surface area (Å²) in [6, 6.07) is 14.0. The zero-order chi connectivity index (χ0) is 27.8. The second-order valence-corrected chi connectivity index (χ2v) is 12.7. The second-order valence-electron chi connectivity index (χ2n) is 10.2. The summed E-state index contributed by atoms with van der Waals surface area (Å²) in [5, 5.41) is 3.86. The fourth-order valence-electron chi connectivity index (χ4n) is 3.14. The monoisotopic (exact) mass is 540 g/mol. The van der Waals surface area contributed by atoms with Gasteiger partial charge in [0.2, 0.25) is 0 Å². The van der Waals surface area contributed by atoms with Gasteiger partial charge < -0.3 is 4.84 Å². The van der Waals surface area contributed by atoms with Gasteiger partial charge in [0.1, 0.15) is 0 Å². The number of carbonyl (C=O) groups excluding carboxylic acids is 1. The number of Topliss-reactive ketones (excluding diaryl/α,β-unsaturated/α-hetero) is 1. The van der Waals surface area contributed by atoms with Gasteiger partial charge in [0, 0.05) is 5.56 Å². The molecule has 3 rings (SSSR count). The number of ketones is 1. The average Bonchev–Trinajstić information content (AvgIpc) is 2.79. The SMILES string of the molecule is C=C(ON=C(C)C)c1ccc(CC)cc1.CC(=O)CCS(=O)c1ccc(C2=[P+]=C(C(C)(C)C)O2)cc1C. The topological polar surface area (TPSA) is 65.0 Å². The number of rotatable bonds is 9. The van der Waals surface area contributed by atoms with Crippen molar-refractivity contribution in [2.45, 2.75) is 73.1 Å². The van der Waals surface area contributed by atoms with E-state index in [1.807, 2.05) is 51.1 Å². The first kappa shape index (κ1) is 30.8. The number of benzene rings is 2. The summed E-state index contributed by atoms with van der Waals surface area (Å²) in [4.78, 5) is 17.0. The van der Waals surface area contributed by atoms with Crippen LogP contribution in [0.4, 0.5) is 0 Å². The molecule has 0 saturated carbocycles. The van der Waals surface area contributed by atoms with Gasteiger partial charge in [-0.05, 0) is 25.8 Å². The number of carbonyl (C=O) groups is 1. The van der Waals surface area contributed by atoms with Crippen molar-refractivity contribution in [2.24, 2.45) is 10.6 Å². The Morgan fingerprint density at radius 2 is 1.73 bits per heavy atom. The summed E-state index contributed by atoms with van der Waals surface area (Å²) < 4.78 is 18.1. The van der Waals surface area contributed by atoms with Crippen molar-refractivity contribution in [1.82, 2.24) is 0 Å². The Morgan fingerprint density at radius 1 is 1.11 bits per heavy atom. The zero-order valence-corrected chi connectivity index (χ0v) is 25.0. The Balaban J connectivity index is 0.000000281. The van der Waals surface area contributed by atoms with E-state index >= 15 is 0 Å². The molecule has 1 aliphatic heterocycles. The van der Waals surface area contributed by atoms with Crippen molar-refractivity contribution in [1.29, 1.82) is 0 Å². The molecule has 1 unspecified atom stereocenters. The summed E-state index contributed by atoms with van der Waals surface area (Å²) >= 11 is 0. The van der Waals surface area contributed by atoms with Gasteiger partial charge in [-0.3, -0.25) is 0 Å². The molecule has 2 aromatic carbocycles. The van der Waals surface area contributed by atoms with Crippen LogP contribution in [0.1, 0.15) is 77.1 Å². The molecule has 0 fully saturated rings. The summed E-state index contributed by atoms with van der Waals surface area (Å²) in [7, 11) is 0.0138. The Bertz CT molecular complexity index is 1260. The third-order valence-electron chi connectivity index (χ3n) is 5.37. The van der Waals surface area contributed by atoms with Crippen molar-refractivity contribution < 1.29 is 18.6 Å². The first-order chi connectivity index (χ1) is 17.3. The molecule has 7 heteroatoms. The molecule has 0 aromatic heterocycles. The van der Waals surface area contributed by atoms with Gasteiger partial charge in [0.15, 0.2) is 5.76 Å². The van der Waals surface area contributed by atoms with Crippen LogP contribution in [0.15, 0.2) is 59.1 Å². The van der Waals surface area contributed by atoms with E-state index in [1.165, 1.54) is 12.5 Å². The van der Waals surface area contributed by atoms with E-state index < -0.39 is 10.8 Å². The third kappa shape index (κ3) is 9.77. The molecule has 0 radical (unpaired) electrons. The van der Waals surface area contributed by atoms with E-state index in [1.54, 1.807) is 0 Å². The third-order valence-corrected chi connectivity index (χ3v) is 8.41. The fourth-order valence-corrected chi connectivity index (χ4v) is 5.41. The molecular formula is C30H39NO4PS+. The van der Waals surface area contributed by atoms with Crippen LogP contribution in [0.5, 0.6) is 0 Å². The van der Waals surface area contributed by atoms with Crippen molar-refractivity contribution >= 4 is 46.8 Å². The van der Waals surface area contributed by atoms with E-state index in [-0.39, 0.29) is 11.2 Å². The van der Waals surface area contributed by atoms with Gasteiger partial charge in [0.05, 0.1) is 5.71 Å². The van der Waals surface area contributed by atoms with Crippen LogP contribution in [0, 0.1) is 12.3 Å². The predicted octanol–water partition coefficient (Wildman–Crippen LogP) is 7.34. The molecular weight excluding hydrogens is 501 g/mol. The molecule has 0 N–H and O–H groups in total. The molecule has 0 aliphatic carbocycles. The van der Waals surface area contributed by atoms with Crippen LogP contribution in [0.3, 0.4) is 0 Å². The molecule has 0 saturated heterocycles. The Kier molecular flexibility index (Phi) is 11.6. The van der Waals surface area contributed by atoms with Crippen molar-refractivity contribution in [3.63, 3.8) is 0 Å². The summed E-state index contributed by atoms with van der Waals surface area (Å²) in [6.07, 6.45) is 1.40. The molecule has 37 heavy (non-hydrogen) atoms. The summed E-state index contributed by atoms with van der Waals surface area (Å²) in [5.74, 6) is 1.05. The van der Waals surface area contributed by atoms with Gasteiger partial charge >= 0.3 is 136 Å². The van der Waals surface area contributed by atoms with E-state index in [0.717, 1.165) is 52.5 Å². The van der Waals surface area contributed by atoms with Gasteiger partial charge in [-0.1, -0.05) is 42.9 Å². The van der Waals surface area contributed by atoms with Crippen LogP contribution in [0.25, 0.3) is 5.76 Å². The number of aryl methyl sites for hydroxylation is 2. The second kappa shape index (κ2) is 13.9. The Labute approximate surface area is 225 Å². The van der Waals surface area contributed by atoms with Gasteiger partial charge in [-0.15, -0.1) is 0 Å². The van der Waals surface area contributed by atoms with Crippen LogP contribution in [-0.2, 0) is 31.6 Å². The van der Waals surface area contributed by atoms with Crippen LogP contribution < -0.4 is 0 Å². The molecule has 1 atom stereocenters. The summed E-state index contributed by atoms with van der Waals surface area (Å²) in [5.41, 5.74) is 7.27.